The molecule has 0 saturated carbocycles. The number of carbonyl (C=O) groups is 2. The summed E-state index contributed by atoms with van der Waals surface area (Å²) in [4.78, 5) is 27.7. The van der Waals surface area contributed by atoms with E-state index in [0.29, 0.717) is 12.8 Å². The van der Waals surface area contributed by atoms with Crippen LogP contribution in [0.15, 0.2) is 60.1 Å². The molecular weight excluding hydrogens is 400 g/mol. The molecule has 0 radical (unpaired) electrons. The van der Waals surface area contributed by atoms with Crippen LogP contribution < -0.4 is 5.32 Å². The first kappa shape index (κ1) is 20.1. The summed E-state index contributed by atoms with van der Waals surface area (Å²) in [6.45, 7) is 0.225. The van der Waals surface area contributed by atoms with Crippen molar-refractivity contribution in [2.24, 2.45) is 0 Å². The van der Waals surface area contributed by atoms with E-state index in [1.54, 1.807) is 6.20 Å². The molecule has 3 aromatic rings. The standard InChI is InChI=1S/C23H22N2O4S/c26-22(27)10-9-15(13-21-24-11-12-30-21)25-23(28)29-14-20-18-7-3-1-5-16(18)17-6-2-4-8-19(17)20/h1-8,11-12,15,20H,9-10,13-14H2,(H,25,28)(H,26,27). The predicted molar refractivity (Wildman–Crippen MR) is 115 cm³/mol. The van der Waals surface area contributed by atoms with E-state index in [-0.39, 0.29) is 25.0 Å². The summed E-state index contributed by atoms with van der Waals surface area (Å²) in [5.41, 5.74) is 4.64. The van der Waals surface area contributed by atoms with Crippen LogP contribution in [0, 0.1) is 0 Å². The lowest BCUT2D eigenvalue weighted by Gasteiger charge is -2.19. The lowest BCUT2D eigenvalue weighted by Crippen LogP contribution is -2.37. The van der Waals surface area contributed by atoms with Crippen molar-refractivity contribution in [2.75, 3.05) is 6.61 Å². The van der Waals surface area contributed by atoms with Gasteiger partial charge in [0, 0.05) is 36.4 Å². The Balaban J connectivity index is 1.41. The van der Waals surface area contributed by atoms with Crippen molar-refractivity contribution >= 4 is 23.4 Å². The average molecular weight is 423 g/mol. The van der Waals surface area contributed by atoms with Crippen LogP contribution in [0.2, 0.25) is 0 Å². The zero-order valence-corrected chi connectivity index (χ0v) is 17.1. The number of nitrogens with one attached hydrogen (secondary N) is 1. The second-order valence-electron chi connectivity index (χ2n) is 7.23. The van der Waals surface area contributed by atoms with Crippen molar-refractivity contribution in [1.29, 1.82) is 0 Å². The number of rotatable bonds is 8. The molecule has 7 heteroatoms. The van der Waals surface area contributed by atoms with Crippen molar-refractivity contribution in [1.82, 2.24) is 10.3 Å². The van der Waals surface area contributed by atoms with Gasteiger partial charge in [-0.25, -0.2) is 9.78 Å². The highest BCUT2D eigenvalue weighted by Gasteiger charge is 2.29. The maximum Gasteiger partial charge on any atom is 0.407 e. The molecule has 0 fully saturated rings. The third kappa shape index (κ3) is 4.52. The fourth-order valence-corrected chi connectivity index (χ4v) is 4.59. The van der Waals surface area contributed by atoms with Crippen molar-refractivity contribution in [3.05, 3.63) is 76.2 Å². The van der Waals surface area contributed by atoms with Gasteiger partial charge in [-0.3, -0.25) is 4.79 Å². The highest BCUT2D eigenvalue weighted by atomic mass is 32.1. The number of amides is 1. The van der Waals surface area contributed by atoms with E-state index in [0.717, 1.165) is 16.1 Å². The van der Waals surface area contributed by atoms with Crippen LogP contribution in [0.5, 0.6) is 0 Å². The highest BCUT2D eigenvalue weighted by molar-refractivity contribution is 7.09. The molecule has 4 rings (SSSR count). The molecule has 0 bridgehead atoms. The van der Waals surface area contributed by atoms with Gasteiger partial charge in [-0.1, -0.05) is 48.5 Å². The Kier molecular flexibility index (Phi) is 6.09. The van der Waals surface area contributed by atoms with Crippen LogP contribution in [0.1, 0.15) is 34.9 Å². The first-order valence-corrected chi connectivity index (χ1v) is 10.7. The van der Waals surface area contributed by atoms with E-state index in [4.69, 9.17) is 9.84 Å². The number of aliphatic carboxylic acids is 1. The van der Waals surface area contributed by atoms with Gasteiger partial charge in [-0.05, 0) is 28.7 Å². The number of carboxylic acids is 1. The first-order chi connectivity index (χ1) is 14.6. The summed E-state index contributed by atoms with van der Waals surface area (Å²) in [6.07, 6.45) is 1.93. The molecule has 0 saturated heterocycles. The summed E-state index contributed by atoms with van der Waals surface area (Å²) < 4.78 is 5.58. The highest BCUT2D eigenvalue weighted by Crippen LogP contribution is 2.44. The molecule has 154 valence electrons. The molecule has 30 heavy (non-hydrogen) atoms. The minimum atomic E-state index is -0.895. The molecule has 0 aliphatic heterocycles. The third-order valence-electron chi connectivity index (χ3n) is 5.28. The third-order valence-corrected chi connectivity index (χ3v) is 6.08. The fourth-order valence-electron chi connectivity index (χ4n) is 3.89. The fraction of sp³-hybridized carbons (Fsp3) is 0.261. The largest absolute Gasteiger partial charge is 0.481 e. The van der Waals surface area contributed by atoms with Crippen LogP contribution in [0.4, 0.5) is 4.79 Å². The van der Waals surface area contributed by atoms with E-state index in [1.807, 2.05) is 29.6 Å². The van der Waals surface area contributed by atoms with E-state index in [9.17, 15) is 9.59 Å². The molecule has 0 spiro atoms. The van der Waals surface area contributed by atoms with Crippen molar-refractivity contribution in [2.45, 2.75) is 31.2 Å². The maximum absolute atomic E-state index is 12.5. The molecule has 2 N–H and O–H groups in total. The molecular formula is C23H22N2O4S. The molecule has 1 amide bonds. The summed E-state index contributed by atoms with van der Waals surface area (Å²) in [5.74, 6) is -0.909. The number of nitrogens with zero attached hydrogens (tertiary/aromatic N) is 1. The topological polar surface area (TPSA) is 88.5 Å². The minimum Gasteiger partial charge on any atom is -0.481 e. The zero-order valence-electron chi connectivity index (χ0n) is 16.3. The normalized spacial score (nSPS) is 13.3. The Bertz CT molecular complexity index is 990. The van der Waals surface area contributed by atoms with Crippen molar-refractivity contribution in [3.8, 4) is 11.1 Å². The monoisotopic (exact) mass is 422 g/mol. The number of carboxylic acid groups (broad SMARTS) is 1. The average Bonchev–Trinajstić information content (AvgIpc) is 3.36. The second-order valence-corrected chi connectivity index (χ2v) is 8.21. The van der Waals surface area contributed by atoms with Crippen molar-refractivity contribution < 1.29 is 19.4 Å². The number of hydrogen-bond acceptors (Lipinski definition) is 5. The van der Waals surface area contributed by atoms with Crippen LogP contribution in [-0.4, -0.2) is 34.8 Å². The van der Waals surface area contributed by atoms with E-state index in [1.165, 1.54) is 22.5 Å². The number of benzene rings is 2. The van der Waals surface area contributed by atoms with Gasteiger partial charge in [-0.15, -0.1) is 11.3 Å². The summed E-state index contributed by atoms with van der Waals surface area (Å²) >= 11 is 1.48. The molecule has 1 aliphatic rings. The SMILES string of the molecule is O=C(O)CCC(Cc1nccs1)NC(=O)OCC1c2ccccc2-c2ccccc21. The lowest BCUT2D eigenvalue weighted by atomic mass is 9.98. The summed E-state index contributed by atoms with van der Waals surface area (Å²) in [6, 6.07) is 16.0. The Labute approximate surface area is 178 Å². The molecule has 6 nitrogen and oxygen atoms in total. The molecule has 1 aromatic heterocycles. The van der Waals surface area contributed by atoms with Gasteiger partial charge >= 0.3 is 12.1 Å². The van der Waals surface area contributed by atoms with E-state index >= 15 is 0 Å². The number of alkyl carbamates (subject to hydrolysis) is 1. The number of ether oxygens (including phenoxy) is 1. The van der Waals surface area contributed by atoms with Gasteiger partial charge in [0.2, 0.25) is 0 Å². The van der Waals surface area contributed by atoms with E-state index in [2.05, 4.69) is 34.6 Å². The van der Waals surface area contributed by atoms with Crippen LogP contribution in [0.25, 0.3) is 11.1 Å². The van der Waals surface area contributed by atoms with Gasteiger partial charge < -0.3 is 15.2 Å². The van der Waals surface area contributed by atoms with Crippen molar-refractivity contribution in [3.63, 3.8) is 0 Å². The molecule has 2 aromatic carbocycles. The molecule has 1 unspecified atom stereocenters. The number of aromatic nitrogens is 1. The van der Waals surface area contributed by atoms with Gasteiger partial charge in [0.25, 0.3) is 0 Å². The number of hydrogen-bond donors (Lipinski definition) is 2. The summed E-state index contributed by atoms with van der Waals surface area (Å²) in [5, 5.41) is 14.5. The van der Waals surface area contributed by atoms with Crippen LogP contribution >= 0.6 is 11.3 Å². The Hall–Kier alpha value is -3.19. The predicted octanol–water partition coefficient (Wildman–Crippen LogP) is 4.46. The minimum absolute atomic E-state index is 0.0143. The van der Waals surface area contributed by atoms with Crippen LogP contribution in [-0.2, 0) is 16.0 Å². The zero-order chi connectivity index (χ0) is 20.9. The summed E-state index contributed by atoms with van der Waals surface area (Å²) in [7, 11) is 0. The second kappa shape index (κ2) is 9.09. The molecule has 1 atom stereocenters. The van der Waals surface area contributed by atoms with E-state index < -0.39 is 12.1 Å². The van der Waals surface area contributed by atoms with Crippen LogP contribution in [0.3, 0.4) is 0 Å². The van der Waals surface area contributed by atoms with Gasteiger partial charge in [0.1, 0.15) is 6.61 Å². The Morgan fingerprint density at radius 3 is 2.37 bits per heavy atom. The molecule has 1 heterocycles. The number of fused-ring (bicyclic) bond motifs is 3. The van der Waals surface area contributed by atoms with Gasteiger partial charge in [0.05, 0.1) is 5.01 Å². The van der Waals surface area contributed by atoms with Gasteiger partial charge in [0.15, 0.2) is 0 Å². The number of carbonyl (C=O) groups excluding carboxylic acids is 1. The maximum atomic E-state index is 12.5. The Morgan fingerprint density at radius 1 is 1.10 bits per heavy atom. The quantitative estimate of drug-likeness (QED) is 0.560. The Morgan fingerprint density at radius 2 is 1.77 bits per heavy atom. The molecule has 1 aliphatic carbocycles. The lowest BCUT2D eigenvalue weighted by molar-refractivity contribution is -0.137. The first-order valence-electron chi connectivity index (χ1n) is 9.83. The van der Waals surface area contributed by atoms with Gasteiger partial charge in [-0.2, -0.15) is 0 Å². The number of thiazole rings is 1. The smallest absolute Gasteiger partial charge is 0.407 e.